The number of nitrogens with one attached hydrogen (secondary N) is 1. The Hall–Kier alpha value is -2.53. The van der Waals surface area contributed by atoms with Crippen molar-refractivity contribution in [1.29, 1.82) is 0 Å². The lowest BCUT2D eigenvalue weighted by Gasteiger charge is -2.03. The molecular weight excluding hydrogens is 314 g/mol. The molecule has 0 saturated carbocycles. The summed E-state index contributed by atoms with van der Waals surface area (Å²) in [6, 6.07) is 13.5. The predicted molar refractivity (Wildman–Crippen MR) is 92.0 cm³/mol. The number of anilines is 2. The van der Waals surface area contributed by atoms with Crippen molar-refractivity contribution in [3.8, 4) is 11.3 Å². The van der Waals surface area contributed by atoms with Crippen molar-refractivity contribution in [2.45, 2.75) is 6.92 Å². The number of benzene rings is 2. The number of allylic oxidation sites excluding steroid dienone is 1. The highest BCUT2D eigenvalue weighted by molar-refractivity contribution is 7.14. The van der Waals surface area contributed by atoms with Crippen LogP contribution in [0.2, 0.25) is 0 Å². The minimum atomic E-state index is -0.332. The fourth-order valence-electron chi connectivity index (χ4n) is 2.14. The molecule has 0 amide bonds. The van der Waals surface area contributed by atoms with Gasteiger partial charge in [0.05, 0.1) is 11.4 Å². The van der Waals surface area contributed by atoms with Crippen LogP contribution in [0.15, 0.2) is 60.0 Å². The Bertz CT molecular complexity index is 855. The van der Waals surface area contributed by atoms with Crippen LogP contribution in [0, 0.1) is 5.82 Å². The largest absolute Gasteiger partial charge is 0.329 e. The second kappa shape index (κ2) is 6.71. The molecule has 0 atom stereocenters. The number of nitrogens with zero attached hydrogens (tertiary/aromatic N) is 1. The summed E-state index contributed by atoms with van der Waals surface area (Å²) in [5.41, 5.74) is 2.43. The summed E-state index contributed by atoms with van der Waals surface area (Å²) in [5.74, 6) is -0.604. The van der Waals surface area contributed by atoms with Crippen LogP contribution >= 0.6 is 11.3 Å². The van der Waals surface area contributed by atoms with Crippen LogP contribution in [0.3, 0.4) is 0 Å². The van der Waals surface area contributed by atoms with Crippen LogP contribution in [0.1, 0.15) is 12.5 Å². The summed E-state index contributed by atoms with van der Waals surface area (Å²) >= 11 is 1.37. The van der Waals surface area contributed by atoms with E-state index in [9.17, 15) is 8.78 Å². The van der Waals surface area contributed by atoms with Crippen LogP contribution in [0.25, 0.3) is 17.1 Å². The molecule has 5 heteroatoms. The first-order chi connectivity index (χ1) is 11.2. The second-order valence-corrected chi connectivity index (χ2v) is 5.72. The maximum absolute atomic E-state index is 13.7. The number of halogens is 2. The SMILES string of the molecule is C/C=C(\F)c1cccc(-c2csc(Nc3ccccc3F)n2)c1. The van der Waals surface area contributed by atoms with E-state index < -0.39 is 0 Å². The highest BCUT2D eigenvalue weighted by Gasteiger charge is 2.08. The summed E-state index contributed by atoms with van der Waals surface area (Å²) in [5, 5.41) is 5.40. The van der Waals surface area contributed by atoms with E-state index in [2.05, 4.69) is 10.3 Å². The molecule has 3 aromatic rings. The van der Waals surface area contributed by atoms with Crippen molar-refractivity contribution < 1.29 is 8.78 Å². The van der Waals surface area contributed by atoms with Gasteiger partial charge < -0.3 is 5.32 Å². The minimum absolute atomic E-state index is 0.271. The lowest BCUT2D eigenvalue weighted by Crippen LogP contribution is -1.92. The Morgan fingerprint density at radius 1 is 1.17 bits per heavy atom. The van der Waals surface area contributed by atoms with Crippen molar-refractivity contribution >= 4 is 28.0 Å². The summed E-state index contributed by atoms with van der Waals surface area (Å²) in [6.07, 6.45) is 1.42. The smallest absolute Gasteiger partial charge is 0.187 e. The molecular formula is C18H14F2N2S. The van der Waals surface area contributed by atoms with E-state index in [4.69, 9.17) is 0 Å². The molecule has 2 aromatic carbocycles. The van der Waals surface area contributed by atoms with E-state index in [-0.39, 0.29) is 11.6 Å². The molecule has 1 heterocycles. The summed E-state index contributed by atoms with van der Waals surface area (Å²) in [7, 11) is 0. The lowest BCUT2D eigenvalue weighted by atomic mass is 10.1. The van der Waals surface area contributed by atoms with Gasteiger partial charge in [-0.25, -0.2) is 13.8 Å². The third-order valence-corrected chi connectivity index (χ3v) is 4.06. The van der Waals surface area contributed by atoms with Crippen LogP contribution in [-0.4, -0.2) is 4.98 Å². The van der Waals surface area contributed by atoms with Gasteiger partial charge >= 0.3 is 0 Å². The predicted octanol–water partition coefficient (Wildman–Crippen LogP) is 6.02. The van der Waals surface area contributed by atoms with Gasteiger partial charge in [0.15, 0.2) is 5.13 Å². The Balaban J connectivity index is 1.86. The zero-order valence-electron chi connectivity index (χ0n) is 12.4. The van der Waals surface area contributed by atoms with Crippen LogP contribution < -0.4 is 5.32 Å². The van der Waals surface area contributed by atoms with Gasteiger partial charge in [0.1, 0.15) is 11.6 Å². The second-order valence-electron chi connectivity index (χ2n) is 4.86. The van der Waals surface area contributed by atoms with Gasteiger partial charge in [-0.2, -0.15) is 0 Å². The monoisotopic (exact) mass is 328 g/mol. The molecule has 1 aromatic heterocycles. The van der Waals surface area contributed by atoms with Crippen LogP contribution in [0.5, 0.6) is 0 Å². The molecule has 0 fully saturated rings. The van der Waals surface area contributed by atoms with Crippen molar-refractivity contribution in [3.05, 3.63) is 71.4 Å². The zero-order valence-corrected chi connectivity index (χ0v) is 13.2. The van der Waals surface area contributed by atoms with E-state index in [0.29, 0.717) is 16.4 Å². The fraction of sp³-hybridized carbons (Fsp3) is 0.0556. The van der Waals surface area contributed by atoms with Crippen molar-refractivity contribution in [2.24, 2.45) is 0 Å². The summed E-state index contributed by atoms with van der Waals surface area (Å²) in [4.78, 5) is 4.44. The van der Waals surface area contributed by atoms with E-state index in [1.807, 2.05) is 11.4 Å². The summed E-state index contributed by atoms with van der Waals surface area (Å²) in [6.45, 7) is 1.65. The topological polar surface area (TPSA) is 24.9 Å². The fourth-order valence-corrected chi connectivity index (χ4v) is 2.87. The number of rotatable bonds is 4. The van der Waals surface area contributed by atoms with Gasteiger partial charge in [-0.05, 0) is 25.1 Å². The third kappa shape index (κ3) is 3.46. The number of hydrogen-bond donors (Lipinski definition) is 1. The molecule has 0 spiro atoms. The Morgan fingerprint density at radius 2 is 2.00 bits per heavy atom. The van der Waals surface area contributed by atoms with E-state index >= 15 is 0 Å². The van der Waals surface area contributed by atoms with E-state index in [1.165, 1.54) is 23.5 Å². The van der Waals surface area contributed by atoms with E-state index in [1.54, 1.807) is 43.3 Å². The molecule has 0 aliphatic carbocycles. The number of thiazole rings is 1. The van der Waals surface area contributed by atoms with E-state index in [0.717, 1.165) is 11.3 Å². The Morgan fingerprint density at radius 3 is 2.78 bits per heavy atom. The number of hydrogen-bond acceptors (Lipinski definition) is 3. The molecule has 23 heavy (non-hydrogen) atoms. The molecule has 0 bridgehead atoms. The van der Waals surface area contributed by atoms with Crippen LogP contribution in [-0.2, 0) is 0 Å². The third-order valence-electron chi connectivity index (χ3n) is 3.31. The highest BCUT2D eigenvalue weighted by Crippen LogP contribution is 2.29. The molecule has 0 aliphatic rings. The minimum Gasteiger partial charge on any atom is -0.329 e. The normalized spacial score (nSPS) is 11.5. The molecule has 1 N–H and O–H groups in total. The molecule has 3 rings (SSSR count). The van der Waals surface area contributed by atoms with Gasteiger partial charge in [-0.1, -0.05) is 36.4 Å². The van der Waals surface area contributed by atoms with Crippen LogP contribution in [0.4, 0.5) is 19.6 Å². The first kappa shape index (κ1) is 15.4. The number of para-hydroxylation sites is 1. The van der Waals surface area contributed by atoms with Crippen molar-refractivity contribution in [2.75, 3.05) is 5.32 Å². The zero-order chi connectivity index (χ0) is 16.2. The Kier molecular flexibility index (Phi) is 4.48. The lowest BCUT2D eigenvalue weighted by molar-refractivity contribution is 0.632. The standard InChI is InChI=1S/C18H14F2N2S/c1-2-14(19)12-6-5-7-13(10-12)17-11-23-18(22-17)21-16-9-4-3-8-15(16)20/h2-11H,1H3,(H,21,22)/b14-2-. The first-order valence-electron chi connectivity index (χ1n) is 7.07. The molecule has 0 unspecified atom stereocenters. The maximum Gasteiger partial charge on any atom is 0.187 e. The average molecular weight is 328 g/mol. The van der Waals surface area contributed by atoms with Gasteiger partial charge in [0, 0.05) is 16.5 Å². The molecule has 2 nitrogen and oxygen atoms in total. The molecule has 0 radical (unpaired) electrons. The van der Waals surface area contributed by atoms with Crippen molar-refractivity contribution in [1.82, 2.24) is 4.98 Å². The molecule has 0 saturated heterocycles. The van der Waals surface area contributed by atoms with Gasteiger partial charge in [0.25, 0.3) is 0 Å². The van der Waals surface area contributed by atoms with Gasteiger partial charge in [-0.3, -0.25) is 0 Å². The molecule has 0 aliphatic heterocycles. The molecule has 116 valence electrons. The maximum atomic E-state index is 13.7. The van der Waals surface area contributed by atoms with Gasteiger partial charge in [0.2, 0.25) is 0 Å². The summed E-state index contributed by atoms with van der Waals surface area (Å²) < 4.78 is 27.3. The average Bonchev–Trinajstić information content (AvgIpc) is 3.05. The van der Waals surface area contributed by atoms with Crippen molar-refractivity contribution in [3.63, 3.8) is 0 Å². The van der Waals surface area contributed by atoms with Gasteiger partial charge in [-0.15, -0.1) is 11.3 Å². The Labute approximate surface area is 137 Å². The quantitative estimate of drug-likeness (QED) is 0.633. The first-order valence-corrected chi connectivity index (χ1v) is 7.95. The number of aromatic nitrogens is 1. The highest BCUT2D eigenvalue weighted by atomic mass is 32.1.